The van der Waals surface area contributed by atoms with Gasteiger partial charge in [0.1, 0.15) is 21.9 Å². The third-order valence-electron chi connectivity index (χ3n) is 12.1. The lowest BCUT2D eigenvalue weighted by molar-refractivity contribution is -0.384. The van der Waals surface area contributed by atoms with E-state index >= 15 is 0 Å². The normalized spacial score (nSPS) is 18.3. The van der Waals surface area contributed by atoms with E-state index in [4.69, 9.17) is 4.74 Å². The summed E-state index contributed by atoms with van der Waals surface area (Å²) in [5, 5.41) is 11.5. The van der Waals surface area contributed by atoms with E-state index in [1.54, 1.807) is 12.1 Å². The summed E-state index contributed by atoms with van der Waals surface area (Å²) in [5.74, 6) is 8.23. The van der Waals surface area contributed by atoms with Crippen molar-refractivity contribution in [3.63, 3.8) is 0 Å². The van der Waals surface area contributed by atoms with Crippen molar-refractivity contribution in [2.45, 2.75) is 141 Å². The molecule has 2 aliphatic heterocycles. The van der Waals surface area contributed by atoms with Gasteiger partial charge in [-0.3, -0.25) is 10.1 Å². The number of fused-ring (bicyclic) bond motifs is 2. The zero-order valence-electron chi connectivity index (χ0n) is 32.1. The Bertz CT molecular complexity index is 1690. The SMILES string of the molecule is CC(C)[Si](C#Cc1ccc(C#C[Si](C(C)C)(C(C)C)C(C)C)c2c1N(C)C1(C=Cc3cc([N+](=O)[O-])ccc3O1)C2(C)C)(C(C)C)C(C)C. The average molecular weight is 683 g/mol. The van der Waals surface area contributed by atoms with E-state index in [1.165, 1.54) is 6.07 Å². The van der Waals surface area contributed by atoms with Crippen LogP contribution in [-0.2, 0) is 5.41 Å². The van der Waals surface area contributed by atoms with E-state index < -0.39 is 27.3 Å². The fraction of sp³-hybridized carbons (Fsp3) is 0.561. The molecule has 2 aromatic carbocycles. The highest BCUT2D eigenvalue weighted by atomic mass is 28.3. The average Bonchev–Trinajstić information content (AvgIpc) is 3.15. The summed E-state index contributed by atoms with van der Waals surface area (Å²) in [6, 6.07) is 9.24. The number of hydrogen-bond acceptors (Lipinski definition) is 4. The predicted molar refractivity (Wildman–Crippen MR) is 209 cm³/mol. The lowest BCUT2D eigenvalue weighted by Crippen LogP contribution is -2.58. The van der Waals surface area contributed by atoms with Gasteiger partial charge in [-0.2, -0.15) is 0 Å². The largest absolute Gasteiger partial charge is 0.463 e. The number of rotatable bonds is 7. The molecule has 0 aromatic heterocycles. The first-order valence-electron chi connectivity index (χ1n) is 17.9. The molecule has 2 heterocycles. The van der Waals surface area contributed by atoms with E-state index in [9.17, 15) is 10.1 Å². The summed E-state index contributed by atoms with van der Waals surface area (Å²) in [6.45, 7) is 32.7. The molecule has 4 rings (SSSR count). The Labute approximate surface area is 293 Å². The van der Waals surface area contributed by atoms with Gasteiger partial charge >= 0.3 is 0 Å². The fourth-order valence-corrected chi connectivity index (χ4v) is 20.0. The van der Waals surface area contributed by atoms with E-state index in [0.29, 0.717) is 44.6 Å². The highest BCUT2D eigenvalue weighted by Crippen LogP contribution is 2.56. The molecule has 0 fully saturated rings. The van der Waals surface area contributed by atoms with Crippen molar-refractivity contribution in [3.8, 4) is 28.7 Å². The van der Waals surface area contributed by atoms with Gasteiger partial charge in [0, 0.05) is 41.4 Å². The number of nitro groups is 1. The minimum Gasteiger partial charge on any atom is -0.463 e. The Morgan fingerprint density at radius 3 is 1.67 bits per heavy atom. The van der Waals surface area contributed by atoms with Gasteiger partial charge in [0.05, 0.1) is 16.0 Å². The smallest absolute Gasteiger partial charge is 0.270 e. The quantitative estimate of drug-likeness (QED) is 0.126. The minimum absolute atomic E-state index is 0.0524. The Kier molecular flexibility index (Phi) is 10.3. The lowest BCUT2D eigenvalue weighted by Gasteiger charge is -2.45. The maximum atomic E-state index is 11.5. The molecule has 258 valence electrons. The summed E-state index contributed by atoms with van der Waals surface area (Å²) in [7, 11) is -1.91. The summed E-state index contributed by atoms with van der Waals surface area (Å²) in [5.41, 5.74) is 14.7. The van der Waals surface area contributed by atoms with Gasteiger partial charge in [-0.15, -0.1) is 11.1 Å². The molecule has 0 aliphatic carbocycles. The third kappa shape index (κ3) is 5.65. The Balaban J connectivity index is 2.04. The first-order chi connectivity index (χ1) is 22.2. The van der Waals surface area contributed by atoms with Crippen molar-refractivity contribution in [3.05, 3.63) is 68.8 Å². The van der Waals surface area contributed by atoms with Gasteiger partial charge in [0.15, 0.2) is 0 Å². The molecule has 1 atom stereocenters. The van der Waals surface area contributed by atoms with E-state index in [-0.39, 0.29) is 10.6 Å². The number of likely N-dealkylation sites (N-methyl/N-ethyl adjacent to an activating group) is 1. The molecule has 0 bridgehead atoms. The zero-order valence-corrected chi connectivity index (χ0v) is 34.1. The summed E-state index contributed by atoms with van der Waals surface area (Å²) < 4.78 is 6.99. The molecule has 0 N–H and O–H groups in total. The van der Waals surface area contributed by atoms with Crippen LogP contribution < -0.4 is 9.64 Å². The standard InChI is InChI=1S/C41H58N2O3Si2/c1-27(2)47(28(3)4,29(5)6)24-21-33-16-17-34(22-25-48(30(7)8,31(9)10)32(11)12)39-38(33)40(13,14)41(42(39)15)23-20-35-26-36(43(44)45)18-19-37(35)46-41/h16-20,23,26-32H,1-15H3. The van der Waals surface area contributed by atoms with E-state index in [1.807, 2.05) is 6.08 Å². The monoisotopic (exact) mass is 682 g/mol. The Morgan fingerprint density at radius 1 is 0.750 bits per heavy atom. The van der Waals surface area contributed by atoms with Crippen molar-refractivity contribution in [1.82, 2.24) is 0 Å². The number of benzene rings is 2. The predicted octanol–water partition coefficient (Wildman–Crippen LogP) is 11.3. The fourth-order valence-electron chi connectivity index (χ4n) is 9.55. The van der Waals surface area contributed by atoms with Crippen LogP contribution in [0.15, 0.2) is 36.4 Å². The number of nitro benzene ring substituents is 1. The lowest BCUT2D eigenvalue weighted by atomic mass is 9.74. The van der Waals surface area contributed by atoms with Crippen LogP contribution in [0.1, 0.15) is 119 Å². The number of nitrogens with zero attached hydrogens (tertiary/aromatic N) is 2. The van der Waals surface area contributed by atoms with Crippen molar-refractivity contribution >= 4 is 33.6 Å². The van der Waals surface area contributed by atoms with Crippen LogP contribution in [-0.4, -0.2) is 33.8 Å². The molecular weight excluding hydrogens is 625 g/mol. The summed E-state index contributed by atoms with van der Waals surface area (Å²) >= 11 is 0. The van der Waals surface area contributed by atoms with Gasteiger partial charge in [-0.25, -0.2) is 0 Å². The van der Waals surface area contributed by atoms with E-state index in [2.05, 4.69) is 150 Å². The Hall–Kier alpha value is -3.27. The summed E-state index contributed by atoms with van der Waals surface area (Å²) in [4.78, 5) is 13.4. The zero-order chi connectivity index (χ0) is 36.1. The van der Waals surface area contributed by atoms with Gasteiger partial charge in [-0.05, 0) is 77.4 Å². The highest BCUT2D eigenvalue weighted by molar-refractivity contribution is 6.91. The molecule has 2 aromatic rings. The summed E-state index contributed by atoms with van der Waals surface area (Å²) in [6.07, 6.45) is 4.06. The second kappa shape index (κ2) is 13.2. The van der Waals surface area contributed by atoms with Gasteiger partial charge in [-0.1, -0.05) is 94.9 Å². The van der Waals surface area contributed by atoms with Crippen LogP contribution in [0.4, 0.5) is 11.4 Å². The number of ether oxygens (including phenoxy) is 1. The first kappa shape index (κ1) is 37.6. The van der Waals surface area contributed by atoms with Crippen LogP contribution in [0.25, 0.3) is 6.08 Å². The Morgan fingerprint density at radius 2 is 1.21 bits per heavy atom. The molecule has 0 amide bonds. The van der Waals surface area contributed by atoms with Crippen LogP contribution in [0, 0.1) is 33.0 Å². The second-order valence-corrected chi connectivity index (χ2v) is 27.6. The van der Waals surface area contributed by atoms with Crippen molar-refractivity contribution in [1.29, 1.82) is 0 Å². The van der Waals surface area contributed by atoms with Gasteiger partial charge in [0.25, 0.3) is 5.69 Å². The van der Waals surface area contributed by atoms with Gasteiger partial charge in [0.2, 0.25) is 5.72 Å². The molecule has 1 spiro atoms. The van der Waals surface area contributed by atoms with Crippen LogP contribution in [0.3, 0.4) is 0 Å². The first-order valence-corrected chi connectivity index (χ1v) is 22.3. The molecule has 0 saturated heterocycles. The topological polar surface area (TPSA) is 55.6 Å². The van der Waals surface area contributed by atoms with E-state index in [0.717, 1.165) is 22.4 Å². The molecule has 7 heteroatoms. The second-order valence-electron chi connectivity index (χ2n) is 16.5. The molecule has 5 nitrogen and oxygen atoms in total. The van der Waals surface area contributed by atoms with Crippen molar-refractivity contribution in [2.24, 2.45) is 0 Å². The van der Waals surface area contributed by atoms with Crippen LogP contribution >= 0.6 is 0 Å². The third-order valence-corrected chi connectivity index (χ3v) is 24.6. The molecular formula is C41H58N2O3Si2. The maximum absolute atomic E-state index is 11.5. The molecule has 2 aliphatic rings. The van der Waals surface area contributed by atoms with Crippen molar-refractivity contribution < 1.29 is 9.66 Å². The molecule has 48 heavy (non-hydrogen) atoms. The van der Waals surface area contributed by atoms with Gasteiger partial charge < -0.3 is 9.64 Å². The van der Waals surface area contributed by atoms with Crippen LogP contribution in [0.2, 0.25) is 33.2 Å². The number of anilines is 1. The highest BCUT2D eigenvalue weighted by Gasteiger charge is 2.59. The number of hydrogen-bond donors (Lipinski definition) is 0. The van der Waals surface area contributed by atoms with Crippen LogP contribution in [0.5, 0.6) is 5.75 Å². The minimum atomic E-state index is -2.01. The molecule has 1 unspecified atom stereocenters. The maximum Gasteiger partial charge on any atom is 0.270 e. The van der Waals surface area contributed by atoms with Crippen molar-refractivity contribution in [2.75, 3.05) is 11.9 Å². The molecule has 0 saturated carbocycles. The molecule has 0 radical (unpaired) electrons. The number of non-ortho nitro benzene ring substituents is 1.